The van der Waals surface area contributed by atoms with Gasteiger partial charge in [-0.15, -0.1) is 0 Å². The lowest BCUT2D eigenvalue weighted by molar-refractivity contribution is 0.304. The van der Waals surface area contributed by atoms with E-state index < -0.39 is 0 Å². The Labute approximate surface area is 104 Å². The fourth-order valence-corrected chi connectivity index (χ4v) is 1.45. The topological polar surface area (TPSA) is 30.5 Å². The number of benzene rings is 1. The van der Waals surface area contributed by atoms with Gasteiger partial charge in [-0.25, -0.2) is 0 Å². The molecule has 1 aromatic rings. The molecule has 3 heteroatoms. The minimum atomic E-state index is 0.542. The van der Waals surface area contributed by atoms with Gasteiger partial charge < -0.3 is 14.8 Å². The maximum atomic E-state index is 5.63. The monoisotopic (exact) mass is 237 g/mol. The molecule has 0 bridgehead atoms. The van der Waals surface area contributed by atoms with Crippen LogP contribution in [0.15, 0.2) is 24.3 Å². The van der Waals surface area contributed by atoms with Gasteiger partial charge in [-0.2, -0.15) is 0 Å². The second-order valence-corrected chi connectivity index (χ2v) is 4.22. The molecule has 0 heterocycles. The average Bonchev–Trinajstić information content (AvgIpc) is 2.31. The normalized spacial score (nSPS) is 10.6. The molecule has 0 saturated carbocycles. The molecule has 0 atom stereocenters. The van der Waals surface area contributed by atoms with E-state index in [0.29, 0.717) is 12.6 Å². The minimum Gasteiger partial charge on any atom is -0.494 e. The average molecular weight is 237 g/mol. The lowest BCUT2D eigenvalue weighted by Gasteiger charge is -2.09. The van der Waals surface area contributed by atoms with Crippen LogP contribution < -0.4 is 14.8 Å². The van der Waals surface area contributed by atoms with Crippen LogP contribution in [0.3, 0.4) is 0 Å². The second-order valence-electron chi connectivity index (χ2n) is 4.22. The quantitative estimate of drug-likeness (QED) is 0.705. The largest absolute Gasteiger partial charge is 0.494 e. The number of hydrogen-bond acceptors (Lipinski definition) is 3. The molecular weight excluding hydrogens is 214 g/mol. The molecule has 96 valence electrons. The molecule has 1 aromatic carbocycles. The Bertz CT molecular complexity index is 296. The van der Waals surface area contributed by atoms with E-state index >= 15 is 0 Å². The molecule has 0 saturated heterocycles. The molecule has 0 aliphatic heterocycles. The smallest absolute Gasteiger partial charge is 0.119 e. The maximum absolute atomic E-state index is 5.63. The Morgan fingerprint density at radius 2 is 1.65 bits per heavy atom. The van der Waals surface area contributed by atoms with Gasteiger partial charge in [0.1, 0.15) is 11.5 Å². The van der Waals surface area contributed by atoms with E-state index in [-0.39, 0.29) is 0 Å². The van der Waals surface area contributed by atoms with Crippen molar-refractivity contribution in [2.24, 2.45) is 0 Å². The number of ether oxygens (including phenoxy) is 2. The van der Waals surface area contributed by atoms with Crippen molar-refractivity contribution in [1.82, 2.24) is 5.32 Å². The molecule has 17 heavy (non-hydrogen) atoms. The third kappa shape index (κ3) is 6.17. The number of hydrogen-bond donors (Lipinski definition) is 1. The Morgan fingerprint density at radius 3 is 2.18 bits per heavy atom. The predicted octanol–water partition coefficient (Wildman–Crippen LogP) is 2.85. The van der Waals surface area contributed by atoms with E-state index in [0.717, 1.165) is 31.1 Å². The van der Waals surface area contributed by atoms with Gasteiger partial charge in [0.15, 0.2) is 0 Å². The van der Waals surface area contributed by atoms with Crippen LogP contribution in [0.4, 0.5) is 0 Å². The molecule has 1 rings (SSSR count). The summed E-state index contributed by atoms with van der Waals surface area (Å²) in [4.78, 5) is 0. The molecule has 0 unspecified atom stereocenters. The van der Waals surface area contributed by atoms with Gasteiger partial charge in [-0.05, 0) is 44.2 Å². The summed E-state index contributed by atoms with van der Waals surface area (Å²) >= 11 is 0. The van der Waals surface area contributed by atoms with Crippen molar-refractivity contribution in [1.29, 1.82) is 0 Å². The van der Waals surface area contributed by atoms with E-state index in [4.69, 9.17) is 9.47 Å². The van der Waals surface area contributed by atoms with Crippen molar-refractivity contribution in [2.45, 2.75) is 33.2 Å². The molecule has 0 fully saturated rings. The SMILES string of the molecule is CCOc1ccc(OCCCNC(C)C)cc1. The van der Waals surface area contributed by atoms with Crippen molar-refractivity contribution >= 4 is 0 Å². The zero-order chi connectivity index (χ0) is 12.5. The first-order chi connectivity index (χ1) is 8.22. The first-order valence-corrected chi connectivity index (χ1v) is 6.31. The molecule has 0 aromatic heterocycles. The van der Waals surface area contributed by atoms with E-state index in [2.05, 4.69) is 19.2 Å². The minimum absolute atomic E-state index is 0.542. The van der Waals surface area contributed by atoms with Crippen LogP contribution in [0.25, 0.3) is 0 Å². The second kappa shape index (κ2) is 7.96. The van der Waals surface area contributed by atoms with Crippen LogP contribution in [-0.4, -0.2) is 25.8 Å². The summed E-state index contributed by atoms with van der Waals surface area (Å²) in [6.07, 6.45) is 1.02. The summed E-state index contributed by atoms with van der Waals surface area (Å²) in [7, 11) is 0. The van der Waals surface area contributed by atoms with E-state index in [1.54, 1.807) is 0 Å². The Kier molecular flexibility index (Phi) is 6.48. The van der Waals surface area contributed by atoms with E-state index in [1.807, 2.05) is 31.2 Å². The standard InChI is InChI=1S/C14H23NO2/c1-4-16-13-6-8-14(9-7-13)17-11-5-10-15-12(2)3/h6-9,12,15H,4-5,10-11H2,1-3H3. The zero-order valence-corrected chi connectivity index (χ0v) is 11.0. The summed E-state index contributed by atoms with van der Waals surface area (Å²) in [5.74, 6) is 1.79. The fourth-order valence-electron chi connectivity index (χ4n) is 1.45. The molecule has 3 nitrogen and oxygen atoms in total. The molecule has 1 N–H and O–H groups in total. The number of nitrogens with one attached hydrogen (secondary N) is 1. The Hall–Kier alpha value is -1.22. The first-order valence-electron chi connectivity index (χ1n) is 6.31. The highest BCUT2D eigenvalue weighted by molar-refractivity contribution is 5.31. The first kappa shape index (κ1) is 13.8. The predicted molar refractivity (Wildman–Crippen MR) is 70.9 cm³/mol. The number of rotatable bonds is 8. The van der Waals surface area contributed by atoms with Crippen LogP contribution in [0.2, 0.25) is 0 Å². The Morgan fingerprint density at radius 1 is 1.06 bits per heavy atom. The fraction of sp³-hybridized carbons (Fsp3) is 0.571. The van der Waals surface area contributed by atoms with Gasteiger partial charge in [0.25, 0.3) is 0 Å². The van der Waals surface area contributed by atoms with Gasteiger partial charge in [0.2, 0.25) is 0 Å². The van der Waals surface area contributed by atoms with Crippen molar-refractivity contribution in [2.75, 3.05) is 19.8 Å². The van der Waals surface area contributed by atoms with Crippen molar-refractivity contribution in [3.8, 4) is 11.5 Å². The maximum Gasteiger partial charge on any atom is 0.119 e. The third-order valence-electron chi connectivity index (χ3n) is 2.28. The van der Waals surface area contributed by atoms with Crippen LogP contribution in [0.5, 0.6) is 11.5 Å². The van der Waals surface area contributed by atoms with Crippen LogP contribution >= 0.6 is 0 Å². The van der Waals surface area contributed by atoms with E-state index in [9.17, 15) is 0 Å². The summed E-state index contributed by atoms with van der Waals surface area (Å²) in [6, 6.07) is 8.30. The van der Waals surface area contributed by atoms with Crippen LogP contribution in [0.1, 0.15) is 27.2 Å². The van der Waals surface area contributed by atoms with Gasteiger partial charge in [-0.3, -0.25) is 0 Å². The highest BCUT2D eigenvalue weighted by atomic mass is 16.5. The molecular formula is C14H23NO2. The lowest BCUT2D eigenvalue weighted by Crippen LogP contribution is -2.24. The van der Waals surface area contributed by atoms with Gasteiger partial charge >= 0.3 is 0 Å². The molecule has 0 spiro atoms. The molecule has 0 aliphatic rings. The van der Waals surface area contributed by atoms with Gasteiger partial charge in [0, 0.05) is 6.04 Å². The Balaban J connectivity index is 2.18. The van der Waals surface area contributed by atoms with Crippen LogP contribution in [-0.2, 0) is 0 Å². The molecule has 0 radical (unpaired) electrons. The van der Waals surface area contributed by atoms with E-state index in [1.165, 1.54) is 0 Å². The third-order valence-corrected chi connectivity index (χ3v) is 2.28. The van der Waals surface area contributed by atoms with Gasteiger partial charge in [-0.1, -0.05) is 13.8 Å². The summed E-state index contributed by atoms with van der Waals surface area (Å²) < 4.78 is 11.0. The molecule has 0 aliphatic carbocycles. The van der Waals surface area contributed by atoms with Crippen LogP contribution in [0, 0.1) is 0 Å². The molecule has 0 amide bonds. The van der Waals surface area contributed by atoms with Crippen molar-refractivity contribution in [3.05, 3.63) is 24.3 Å². The highest BCUT2D eigenvalue weighted by Crippen LogP contribution is 2.17. The van der Waals surface area contributed by atoms with Gasteiger partial charge in [0.05, 0.1) is 13.2 Å². The zero-order valence-electron chi connectivity index (χ0n) is 11.0. The van der Waals surface area contributed by atoms with Crippen molar-refractivity contribution in [3.63, 3.8) is 0 Å². The lowest BCUT2D eigenvalue weighted by atomic mass is 10.3. The summed E-state index contributed by atoms with van der Waals surface area (Å²) in [5, 5.41) is 3.36. The highest BCUT2D eigenvalue weighted by Gasteiger charge is 1.96. The summed E-state index contributed by atoms with van der Waals surface area (Å²) in [6.45, 7) is 8.70. The van der Waals surface area contributed by atoms with Crippen molar-refractivity contribution < 1.29 is 9.47 Å². The summed E-state index contributed by atoms with van der Waals surface area (Å²) in [5.41, 5.74) is 0.